The number of Topliss-reactive ketones (excluding diaryl/α,β-unsaturated/α-hetero) is 1. The number of thiophene rings is 1. The predicted molar refractivity (Wildman–Crippen MR) is 90.8 cm³/mol. The number of nitrogens with one attached hydrogen (secondary N) is 1. The molecule has 2 rings (SSSR count). The van der Waals surface area contributed by atoms with Gasteiger partial charge in [-0.25, -0.2) is 0 Å². The van der Waals surface area contributed by atoms with Crippen LogP contribution in [0.1, 0.15) is 39.2 Å². The highest BCUT2D eigenvalue weighted by Gasteiger charge is 2.18. The summed E-state index contributed by atoms with van der Waals surface area (Å²) in [6.45, 7) is 2.41. The summed E-state index contributed by atoms with van der Waals surface area (Å²) >= 11 is 1.47. The standard InChI is InChI=1S/C17H22N2O3S/c1-12-6-8-16(23-12)14(20)7-9-17(21)18-11-13(19(2)3)15-5-4-10-22-15/h4-6,8,10,13H,7,9,11H2,1-3H3,(H,18,21). The molecule has 0 fully saturated rings. The highest BCUT2D eigenvalue weighted by Crippen LogP contribution is 2.19. The van der Waals surface area contributed by atoms with Crippen molar-refractivity contribution in [3.8, 4) is 0 Å². The second-order valence-corrected chi connectivity index (χ2v) is 6.92. The van der Waals surface area contributed by atoms with Crippen molar-refractivity contribution >= 4 is 23.0 Å². The summed E-state index contributed by atoms with van der Waals surface area (Å²) < 4.78 is 5.40. The number of carbonyl (C=O) groups excluding carboxylic acids is 2. The number of hydrogen-bond donors (Lipinski definition) is 1. The molecule has 1 amide bonds. The summed E-state index contributed by atoms with van der Waals surface area (Å²) in [5.74, 6) is 0.707. The van der Waals surface area contributed by atoms with Gasteiger partial charge in [0.15, 0.2) is 5.78 Å². The van der Waals surface area contributed by atoms with Gasteiger partial charge in [0.05, 0.1) is 17.2 Å². The minimum atomic E-state index is -0.120. The molecule has 2 aromatic heterocycles. The lowest BCUT2D eigenvalue weighted by Gasteiger charge is -2.22. The minimum absolute atomic E-state index is 0.0217. The van der Waals surface area contributed by atoms with E-state index < -0.39 is 0 Å². The number of aryl methyl sites for hydroxylation is 1. The average molecular weight is 334 g/mol. The van der Waals surface area contributed by atoms with Crippen LogP contribution < -0.4 is 5.32 Å². The van der Waals surface area contributed by atoms with Crippen LogP contribution >= 0.6 is 11.3 Å². The molecule has 0 bridgehead atoms. The molecule has 0 radical (unpaired) electrons. The van der Waals surface area contributed by atoms with E-state index in [0.717, 1.165) is 15.5 Å². The van der Waals surface area contributed by atoms with Gasteiger partial charge in [-0.05, 0) is 45.3 Å². The first-order valence-corrected chi connectivity index (χ1v) is 8.35. The maximum Gasteiger partial charge on any atom is 0.220 e. The van der Waals surface area contributed by atoms with Crippen LogP contribution in [0.4, 0.5) is 0 Å². The van der Waals surface area contributed by atoms with Crippen LogP contribution in [0.5, 0.6) is 0 Å². The van der Waals surface area contributed by atoms with Crippen LogP contribution in [-0.2, 0) is 4.79 Å². The van der Waals surface area contributed by atoms with Crippen LogP contribution in [0, 0.1) is 6.92 Å². The SMILES string of the molecule is Cc1ccc(C(=O)CCC(=O)NCC(c2ccco2)N(C)C)s1. The highest BCUT2D eigenvalue weighted by atomic mass is 32.1. The third-order valence-electron chi connectivity index (χ3n) is 3.58. The molecule has 5 nitrogen and oxygen atoms in total. The van der Waals surface area contributed by atoms with Crippen molar-refractivity contribution in [2.24, 2.45) is 0 Å². The lowest BCUT2D eigenvalue weighted by atomic mass is 10.1. The maximum absolute atomic E-state index is 12.0. The van der Waals surface area contributed by atoms with E-state index in [2.05, 4.69) is 5.32 Å². The molecule has 0 aliphatic heterocycles. The Hall–Kier alpha value is -1.92. The summed E-state index contributed by atoms with van der Waals surface area (Å²) in [6, 6.07) is 7.43. The molecular formula is C17H22N2O3S. The molecule has 0 aliphatic carbocycles. The molecule has 0 aromatic carbocycles. The number of rotatable bonds is 8. The maximum atomic E-state index is 12.0. The topological polar surface area (TPSA) is 62.6 Å². The van der Waals surface area contributed by atoms with Crippen molar-refractivity contribution < 1.29 is 14.0 Å². The van der Waals surface area contributed by atoms with Gasteiger partial charge in [0.2, 0.25) is 5.91 Å². The molecule has 23 heavy (non-hydrogen) atoms. The molecular weight excluding hydrogens is 312 g/mol. The first-order valence-electron chi connectivity index (χ1n) is 7.53. The van der Waals surface area contributed by atoms with E-state index in [1.54, 1.807) is 6.26 Å². The van der Waals surface area contributed by atoms with Gasteiger partial charge in [-0.1, -0.05) is 0 Å². The van der Waals surface area contributed by atoms with Gasteiger partial charge in [-0.15, -0.1) is 11.3 Å². The second-order valence-electron chi connectivity index (χ2n) is 5.63. The van der Waals surface area contributed by atoms with Gasteiger partial charge < -0.3 is 9.73 Å². The van der Waals surface area contributed by atoms with Gasteiger partial charge in [-0.2, -0.15) is 0 Å². The Kier molecular flexibility index (Phi) is 6.12. The molecule has 1 N–H and O–H groups in total. The van der Waals surface area contributed by atoms with Gasteiger partial charge in [0.1, 0.15) is 5.76 Å². The van der Waals surface area contributed by atoms with Gasteiger partial charge in [0, 0.05) is 24.3 Å². The third-order valence-corrected chi connectivity index (χ3v) is 4.62. The summed E-state index contributed by atoms with van der Waals surface area (Å²) in [7, 11) is 3.87. The fourth-order valence-electron chi connectivity index (χ4n) is 2.25. The molecule has 0 aliphatic rings. The van der Waals surface area contributed by atoms with E-state index >= 15 is 0 Å². The quantitative estimate of drug-likeness (QED) is 0.754. The molecule has 124 valence electrons. The van der Waals surface area contributed by atoms with Crippen molar-refractivity contribution in [3.63, 3.8) is 0 Å². The summed E-state index contributed by atoms with van der Waals surface area (Å²) in [4.78, 5) is 27.8. The monoisotopic (exact) mass is 334 g/mol. The second kappa shape index (κ2) is 8.08. The van der Waals surface area contributed by atoms with E-state index in [-0.39, 0.29) is 30.6 Å². The Bertz CT molecular complexity index is 647. The Morgan fingerprint density at radius 1 is 1.26 bits per heavy atom. The zero-order chi connectivity index (χ0) is 16.8. The van der Waals surface area contributed by atoms with Crippen molar-refractivity contribution in [2.45, 2.75) is 25.8 Å². The highest BCUT2D eigenvalue weighted by molar-refractivity contribution is 7.14. The number of amides is 1. The van der Waals surface area contributed by atoms with Gasteiger partial charge >= 0.3 is 0 Å². The molecule has 0 saturated carbocycles. The number of ketones is 1. The Morgan fingerprint density at radius 2 is 2.04 bits per heavy atom. The fraction of sp³-hybridized carbons (Fsp3) is 0.412. The number of carbonyl (C=O) groups is 2. The normalized spacial score (nSPS) is 12.3. The predicted octanol–water partition coefficient (Wildman–Crippen LogP) is 3.03. The van der Waals surface area contributed by atoms with Crippen molar-refractivity contribution in [2.75, 3.05) is 20.6 Å². The van der Waals surface area contributed by atoms with Crippen molar-refractivity contribution in [1.82, 2.24) is 10.2 Å². The lowest BCUT2D eigenvalue weighted by molar-refractivity contribution is -0.121. The smallest absolute Gasteiger partial charge is 0.220 e. The molecule has 2 aromatic rings. The summed E-state index contributed by atoms with van der Waals surface area (Å²) in [5, 5.41) is 2.87. The van der Waals surface area contributed by atoms with E-state index in [1.807, 2.05) is 50.2 Å². The minimum Gasteiger partial charge on any atom is -0.468 e. The van der Waals surface area contributed by atoms with E-state index in [9.17, 15) is 9.59 Å². The molecule has 6 heteroatoms. The van der Waals surface area contributed by atoms with Crippen LogP contribution in [0.15, 0.2) is 34.9 Å². The van der Waals surface area contributed by atoms with Crippen LogP contribution in [0.2, 0.25) is 0 Å². The number of nitrogens with zero attached hydrogens (tertiary/aromatic N) is 1. The van der Waals surface area contributed by atoms with Crippen molar-refractivity contribution in [3.05, 3.63) is 46.0 Å². The Balaban J connectivity index is 1.79. The molecule has 1 atom stereocenters. The van der Waals surface area contributed by atoms with E-state index in [0.29, 0.717) is 6.54 Å². The Labute approximate surface area is 140 Å². The summed E-state index contributed by atoms with van der Waals surface area (Å²) in [6.07, 6.45) is 2.06. The van der Waals surface area contributed by atoms with Crippen LogP contribution in [0.25, 0.3) is 0 Å². The molecule has 1 unspecified atom stereocenters. The van der Waals surface area contributed by atoms with Crippen LogP contribution in [0.3, 0.4) is 0 Å². The van der Waals surface area contributed by atoms with Crippen LogP contribution in [-0.4, -0.2) is 37.2 Å². The first kappa shape index (κ1) is 17.4. The van der Waals surface area contributed by atoms with E-state index in [1.165, 1.54) is 11.3 Å². The lowest BCUT2D eigenvalue weighted by Crippen LogP contribution is -2.34. The largest absolute Gasteiger partial charge is 0.468 e. The average Bonchev–Trinajstić information content (AvgIpc) is 3.16. The molecule has 2 heterocycles. The molecule has 0 saturated heterocycles. The summed E-state index contributed by atoms with van der Waals surface area (Å²) in [5.41, 5.74) is 0. The molecule has 0 spiro atoms. The number of likely N-dealkylation sites (N-methyl/N-ethyl adjacent to an activating group) is 1. The van der Waals surface area contributed by atoms with Gasteiger partial charge in [-0.3, -0.25) is 14.5 Å². The first-order chi connectivity index (χ1) is 11.0. The zero-order valence-corrected chi connectivity index (χ0v) is 14.5. The van der Waals surface area contributed by atoms with Gasteiger partial charge in [0.25, 0.3) is 0 Å². The fourth-order valence-corrected chi connectivity index (χ4v) is 3.09. The number of furan rings is 1. The van der Waals surface area contributed by atoms with E-state index in [4.69, 9.17) is 4.42 Å². The third kappa shape index (κ3) is 5.04. The Morgan fingerprint density at radius 3 is 2.61 bits per heavy atom. The number of hydrogen-bond acceptors (Lipinski definition) is 5. The zero-order valence-electron chi connectivity index (χ0n) is 13.7. The van der Waals surface area contributed by atoms with Crippen molar-refractivity contribution in [1.29, 1.82) is 0 Å².